The molecule has 0 spiro atoms. The Balaban J connectivity index is 1.84. The first kappa shape index (κ1) is 30.8. The Morgan fingerprint density at radius 2 is 1.67 bits per heavy atom. The minimum absolute atomic E-state index is 0.217. The molecule has 12 heteroatoms. The van der Waals surface area contributed by atoms with Gasteiger partial charge in [0, 0.05) is 62.1 Å². The van der Waals surface area contributed by atoms with Gasteiger partial charge in [-0.05, 0) is 38.7 Å². The average Bonchev–Trinajstić information content (AvgIpc) is 2.99. The number of aromatic nitrogens is 3. The van der Waals surface area contributed by atoms with Gasteiger partial charge in [0.05, 0.1) is 44.1 Å². The molecule has 0 atom stereocenters. The number of hydrogen-bond donors (Lipinski definition) is 2. The van der Waals surface area contributed by atoms with Gasteiger partial charge in [-0.3, -0.25) is 14.2 Å². The number of pyridine rings is 1. The molecule has 0 fully saturated rings. The molecule has 0 aliphatic rings. The molecule has 2 heterocycles. The van der Waals surface area contributed by atoms with Crippen molar-refractivity contribution in [3.05, 3.63) is 71.2 Å². The fourth-order valence-corrected chi connectivity index (χ4v) is 4.51. The average molecular weight is 588 g/mol. The minimum atomic E-state index is -0.353. The maximum absolute atomic E-state index is 13.3. The Morgan fingerprint density at radius 3 is 2.28 bits per heavy atom. The highest BCUT2D eigenvalue weighted by Crippen LogP contribution is 2.38. The number of anilines is 4. The summed E-state index contributed by atoms with van der Waals surface area (Å²) in [6.45, 7) is 6.92. The smallest absolute Gasteiger partial charge is 0.257 e. The van der Waals surface area contributed by atoms with Crippen LogP contribution < -0.4 is 35.3 Å². The van der Waals surface area contributed by atoms with Gasteiger partial charge in [0.1, 0.15) is 17.2 Å². The summed E-state index contributed by atoms with van der Waals surface area (Å²) in [5.74, 6) is 1.42. The van der Waals surface area contributed by atoms with E-state index in [1.165, 1.54) is 16.7 Å². The zero-order chi connectivity index (χ0) is 31.3. The van der Waals surface area contributed by atoms with E-state index in [0.29, 0.717) is 51.9 Å². The Bertz CT molecular complexity index is 1700. The number of likely N-dealkylation sites (N-methyl/N-ethyl adjacent to an activating group) is 2. The quantitative estimate of drug-likeness (QED) is 0.235. The molecular formula is C31H37N7O5. The summed E-state index contributed by atoms with van der Waals surface area (Å²) < 4.78 is 18.1. The van der Waals surface area contributed by atoms with Gasteiger partial charge >= 0.3 is 0 Å². The van der Waals surface area contributed by atoms with Crippen molar-refractivity contribution in [2.24, 2.45) is 0 Å². The SMILES string of the molecule is C=CC(=O)Nc1cc(Nc2ncc3c(C)cc(=O)n(-c4cc(OC)cc(OC)c4)c3n2)c(OC)cc1N(C)CCN(C)C. The van der Waals surface area contributed by atoms with E-state index in [9.17, 15) is 9.59 Å². The van der Waals surface area contributed by atoms with Crippen molar-refractivity contribution >= 4 is 40.0 Å². The lowest BCUT2D eigenvalue weighted by molar-refractivity contribution is -0.111. The summed E-state index contributed by atoms with van der Waals surface area (Å²) in [6.07, 6.45) is 2.87. The Labute approximate surface area is 250 Å². The van der Waals surface area contributed by atoms with Crippen LogP contribution in [-0.4, -0.2) is 80.9 Å². The number of rotatable bonds is 12. The first-order valence-corrected chi connectivity index (χ1v) is 13.5. The number of carbonyl (C=O) groups excluding carboxylic acids is 1. The van der Waals surface area contributed by atoms with Gasteiger partial charge < -0.3 is 34.6 Å². The second-order valence-electron chi connectivity index (χ2n) is 10.1. The summed E-state index contributed by atoms with van der Waals surface area (Å²) >= 11 is 0. The zero-order valence-corrected chi connectivity index (χ0v) is 25.5. The van der Waals surface area contributed by atoms with E-state index < -0.39 is 0 Å². The number of benzene rings is 2. The van der Waals surface area contributed by atoms with Crippen LogP contribution >= 0.6 is 0 Å². The number of fused-ring (bicyclic) bond motifs is 1. The van der Waals surface area contributed by atoms with Crippen molar-refractivity contribution in [1.29, 1.82) is 0 Å². The van der Waals surface area contributed by atoms with Gasteiger partial charge in [0.25, 0.3) is 5.56 Å². The Hall–Kier alpha value is -5.10. The first-order chi connectivity index (χ1) is 20.6. The first-order valence-electron chi connectivity index (χ1n) is 13.5. The normalized spacial score (nSPS) is 10.9. The molecule has 0 aliphatic heterocycles. The van der Waals surface area contributed by atoms with Gasteiger partial charge in [0.2, 0.25) is 11.9 Å². The molecule has 0 saturated heterocycles. The highest BCUT2D eigenvalue weighted by Gasteiger charge is 2.18. The number of methoxy groups -OCH3 is 3. The predicted octanol–water partition coefficient (Wildman–Crippen LogP) is 3.98. The Kier molecular flexibility index (Phi) is 9.51. The summed E-state index contributed by atoms with van der Waals surface area (Å²) in [7, 11) is 10.6. The maximum atomic E-state index is 13.3. The lowest BCUT2D eigenvalue weighted by atomic mass is 10.2. The molecule has 0 bridgehead atoms. The van der Waals surface area contributed by atoms with E-state index in [1.54, 1.807) is 51.8 Å². The summed E-state index contributed by atoms with van der Waals surface area (Å²) in [6, 6.07) is 10.3. The van der Waals surface area contributed by atoms with Crippen LogP contribution in [0.2, 0.25) is 0 Å². The van der Waals surface area contributed by atoms with Crippen molar-refractivity contribution < 1.29 is 19.0 Å². The van der Waals surface area contributed by atoms with Gasteiger partial charge in [-0.15, -0.1) is 0 Å². The van der Waals surface area contributed by atoms with Crippen molar-refractivity contribution in [3.63, 3.8) is 0 Å². The summed E-state index contributed by atoms with van der Waals surface area (Å²) in [5, 5.41) is 6.79. The molecular weight excluding hydrogens is 550 g/mol. The van der Waals surface area contributed by atoms with Crippen LogP contribution in [0.15, 0.2) is 60.0 Å². The number of hydrogen-bond acceptors (Lipinski definition) is 10. The van der Waals surface area contributed by atoms with Crippen LogP contribution in [0.4, 0.5) is 23.0 Å². The van der Waals surface area contributed by atoms with Crippen molar-refractivity contribution in [1.82, 2.24) is 19.4 Å². The third kappa shape index (κ3) is 6.87. The molecule has 2 N–H and O–H groups in total. The molecule has 0 saturated carbocycles. The number of carbonyl (C=O) groups is 1. The molecule has 0 unspecified atom stereocenters. The summed E-state index contributed by atoms with van der Waals surface area (Å²) in [5.41, 5.74) is 3.18. The van der Waals surface area contributed by atoms with Gasteiger partial charge in [-0.25, -0.2) is 4.98 Å². The number of nitrogens with zero attached hydrogens (tertiary/aromatic N) is 5. The molecule has 12 nitrogen and oxygen atoms in total. The van der Waals surface area contributed by atoms with Crippen molar-refractivity contribution in [2.75, 3.05) is 71.1 Å². The van der Waals surface area contributed by atoms with Gasteiger partial charge in [-0.2, -0.15) is 4.98 Å². The molecule has 0 radical (unpaired) electrons. The molecule has 226 valence electrons. The monoisotopic (exact) mass is 587 g/mol. The molecule has 4 rings (SSSR count). The lowest BCUT2D eigenvalue weighted by Gasteiger charge is -2.26. The highest BCUT2D eigenvalue weighted by molar-refractivity contribution is 6.02. The second-order valence-corrected chi connectivity index (χ2v) is 10.1. The van der Waals surface area contributed by atoms with Crippen LogP contribution in [0.5, 0.6) is 17.2 Å². The van der Waals surface area contributed by atoms with E-state index >= 15 is 0 Å². The van der Waals surface area contributed by atoms with Crippen molar-refractivity contribution in [3.8, 4) is 22.9 Å². The van der Waals surface area contributed by atoms with Crippen molar-refractivity contribution in [2.45, 2.75) is 6.92 Å². The third-order valence-electron chi connectivity index (χ3n) is 6.86. The van der Waals surface area contributed by atoms with Crippen LogP contribution in [0.3, 0.4) is 0 Å². The number of ether oxygens (including phenoxy) is 3. The van der Waals surface area contributed by atoms with Crippen LogP contribution in [-0.2, 0) is 4.79 Å². The highest BCUT2D eigenvalue weighted by atomic mass is 16.5. The van der Waals surface area contributed by atoms with Crippen LogP contribution in [0.1, 0.15) is 5.56 Å². The molecule has 1 amide bonds. The molecule has 4 aromatic rings. The van der Waals surface area contributed by atoms with E-state index in [0.717, 1.165) is 17.8 Å². The van der Waals surface area contributed by atoms with E-state index in [2.05, 4.69) is 27.1 Å². The largest absolute Gasteiger partial charge is 0.497 e. The molecule has 2 aromatic heterocycles. The Morgan fingerprint density at radius 1 is 0.977 bits per heavy atom. The standard InChI is InChI=1S/C31H37N7O5/c1-9-28(39)33-24-16-25(27(43-8)17-26(24)37(5)11-10-36(3)4)34-31-32-18-23-19(2)12-29(40)38(30(23)35-31)20-13-21(41-6)15-22(14-20)42-7/h9,12-18H,1,10-11H2,2-8H3,(H,33,39)(H,32,34,35). The molecule has 43 heavy (non-hydrogen) atoms. The molecule has 0 aliphatic carbocycles. The van der Waals surface area contributed by atoms with Crippen LogP contribution in [0, 0.1) is 6.92 Å². The maximum Gasteiger partial charge on any atom is 0.257 e. The second kappa shape index (κ2) is 13.3. The zero-order valence-electron chi connectivity index (χ0n) is 25.5. The lowest BCUT2D eigenvalue weighted by Crippen LogP contribution is -2.29. The minimum Gasteiger partial charge on any atom is -0.497 e. The van der Waals surface area contributed by atoms with E-state index in [1.807, 2.05) is 39.0 Å². The third-order valence-corrected chi connectivity index (χ3v) is 6.86. The van der Waals surface area contributed by atoms with Gasteiger partial charge in [-0.1, -0.05) is 6.58 Å². The molecule has 2 aromatic carbocycles. The topological polar surface area (TPSA) is 123 Å². The van der Waals surface area contributed by atoms with E-state index in [-0.39, 0.29) is 17.4 Å². The fourth-order valence-electron chi connectivity index (χ4n) is 4.51. The number of nitrogens with one attached hydrogen (secondary N) is 2. The predicted molar refractivity (Wildman–Crippen MR) is 170 cm³/mol. The van der Waals surface area contributed by atoms with Crippen LogP contribution in [0.25, 0.3) is 16.7 Å². The van der Waals surface area contributed by atoms with Gasteiger partial charge in [0.15, 0.2) is 5.65 Å². The van der Waals surface area contributed by atoms with E-state index in [4.69, 9.17) is 19.2 Å². The fraction of sp³-hybridized carbons (Fsp3) is 0.290. The number of aryl methyl sites for hydroxylation is 1. The summed E-state index contributed by atoms with van der Waals surface area (Å²) in [4.78, 5) is 39.0. The number of amides is 1.